The molecule has 0 aromatic carbocycles. The van der Waals surface area contributed by atoms with Gasteiger partial charge in [-0.1, -0.05) is 0 Å². The predicted molar refractivity (Wildman–Crippen MR) is 76.6 cm³/mol. The van der Waals surface area contributed by atoms with Crippen molar-refractivity contribution in [2.45, 2.75) is 12.6 Å². The van der Waals surface area contributed by atoms with Crippen LogP contribution in [-0.2, 0) is 4.74 Å². The maximum absolute atomic E-state index is 11.7. The van der Waals surface area contributed by atoms with Crippen LogP contribution in [0.2, 0.25) is 0 Å². The first kappa shape index (κ1) is 20.1. The van der Waals surface area contributed by atoms with Crippen molar-refractivity contribution in [3.63, 3.8) is 0 Å². The third kappa shape index (κ3) is 10.9. The van der Waals surface area contributed by atoms with Crippen LogP contribution in [0.3, 0.4) is 0 Å². The third-order valence-corrected chi connectivity index (χ3v) is 1.77. The van der Waals surface area contributed by atoms with Crippen LogP contribution in [-0.4, -0.2) is 69.9 Å². The zero-order valence-corrected chi connectivity index (χ0v) is 13.5. The van der Waals surface area contributed by atoms with Gasteiger partial charge in [-0.25, -0.2) is 0 Å². The summed E-state index contributed by atoms with van der Waals surface area (Å²) in [4.78, 5) is 7.95. The highest BCUT2D eigenvalue weighted by Gasteiger charge is 2.27. The van der Waals surface area contributed by atoms with E-state index in [4.69, 9.17) is 0 Å². The molecule has 18 heavy (non-hydrogen) atoms. The second-order valence-corrected chi connectivity index (χ2v) is 3.99. The minimum absolute atomic E-state index is 0. The second kappa shape index (κ2) is 9.65. The fourth-order valence-corrected chi connectivity index (χ4v) is 1.22. The summed E-state index contributed by atoms with van der Waals surface area (Å²) in [7, 11) is 7.44. The highest BCUT2D eigenvalue weighted by atomic mass is 127. The molecular formula is C10H21F3IN3O. The van der Waals surface area contributed by atoms with E-state index in [1.54, 1.807) is 0 Å². The average Bonchev–Trinajstić information content (AvgIpc) is 2.13. The summed E-state index contributed by atoms with van der Waals surface area (Å²) in [6.07, 6.45) is -3.77. The number of nitrogens with zero attached hydrogens (tertiary/aromatic N) is 3. The molecule has 0 saturated heterocycles. The summed E-state index contributed by atoms with van der Waals surface area (Å²) in [5.41, 5.74) is 0. The van der Waals surface area contributed by atoms with Gasteiger partial charge in [-0.05, 0) is 6.42 Å². The Labute approximate surface area is 123 Å². The van der Waals surface area contributed by atoms with Gasteiger partial charge in [-0.3, -0.25) is 4.99 Å². The van der Waals surface area contributed by atoms with E-state index in [1.165, 1.54) is 0 Å². The first-order valence-corrected chi connectivity index (χ1v) is 5.27. The summed E-state index contributed by atoms with van der Waals surface area (Å²) in [6, 6.07) is 0. The van der Waals surface area contributed by atoms with Crippen LogP contribution in [0.25, 0.3) is 0 Å². The first-order chi connectivity index (χ1) is 7.74. The van der Waals surface area contributed by atoms with Gasteiger partial charge in [0.25, 0.3) is 0 Å². The van der Waals surface area contributed by atoms with E-state index >= 15 is 0 Å². The molecule has 0 spiro atoms. The molecule has 0 aromatic heterocycles. The highest BCUT2D eigenvalue weighted by Crippen LogP contribution is 2.14. The largest absolute Gasteiger partial charge is 0.411 e. The van der Waals surface area contributed by atoms with E-state index in [1.807, 2.05) is 38.0 Å². The average molecular weight is 383 g/mol. The Hall–Kier alpha value is -0.250. The Morgan fingerprint density at radius 2 is 1.61 bits per heavy atom. The molecule has 0 aliphatic rings. The van der Waals surface area contributed by atoms with Crippen LogP contribution in [0.5, 0.6) is 0 Å². The number of guanidine groups is 1. The minimum atomic E-state index is -4.25. The fourth-order valence-electron chi connectivity index (χ4n) is 1.22. The van der Waals surface area contributed by atoms with Crippen LogP contribution in [0.4, 0.5) is 13.2 Å². The maximum Gasteiger partial charge on any atom is 0.411 e. The van der Waals surface area contributed by atoms with E-state index in [0.29, 0.717) is 13.0 Å². The van der Waals surface area contributed by atoms with E-state index in [9.17, 15) is 13.2 Å². The monoisotopic (exact) mass is 383 g/mol. The molecule has 0 saturated carbocycles. The standard InChI is InChI=1S/C10H20F3N3O.HI/c1-15(2)9(16(3)4)14-6-5-7-17-8-10(11,12)13;/h5-8H2,1-4H3;1H. The molecule has 8 heteroatoms. The number of alkyl halides is 3. The molecule has 4 nitrogen and oxygen atoms in total. The van der Waals surface area contributed by atoms with Gasteiger partial charge in [-0.2, -0.15) is 13.2 Å². The van der Waals surface area contributed by atoms with Crippen molar-refractivity contribution in [2.24, 2.45) is 4.99 Å². The van der Waals surface area contributed by atoms with Gasteiger partial charge < -0.3 is 14.5 Å². The number of hydrogen-bond donors (Lipinski definition) is 0. The lowest BCUT2D eigenvalue weighted by atomic mass is 10.4. The van der Waals surface area contributed by atoms with Gasteiger partial charge in [-0.15, -0.1) is 24.0 Å². The summed E-state index contributed by atoms with van der Waals surface area (Å²) >= 11 is 0. The number of ether oxygens (including phenoxy) is 1. The normalized spacial score (nSPS) is 10.6. The lowest BCUT2D eigenvalue weighted by Gasteiger charge is -2.22. The van der Waals surface area contributed by atoms with Crippen LogP contribution in [0.15, 0.2) is 4.99 Å². The van der Waals surface area contributed by atoms with Gasteiger partial charge in [0.1, 0.15) is 6.61 Å². The van der Waals surface area contributed by atoms with Crippen molar-refractivity contribution in [1.29, 1.82) is 0 Å². The predicted octanol–water partition coefficient (Wildman–Crippen LogP) is 2.05. The van der Waals surface area contributed by atoms with Crippen molar-refractivity contribution < 1.29 is 17.9 Å². The summed E-state index contributed by atoms with van der Waals surface area (Å²) in [5, 5.41) is 0. The molecular weight excluding hydrogens is 362 g/mol. The zero-order valence-electron chi connectivity index (χ0n) is 11.1. The highest BCUT2D eigenvalue weighted by molar-refractivity contribution is 14.0. The van der Waals surface area contributed by atoms with Gasteiger partial charge in [0, 0.05) is 41.3 Å². The maximum atomic E-state index is 11.7. The fraction of sp³-hybridized carbons (Fsp3) is 0.900. The quantitative estimate of drug-likeness (QED) is 0.315. The van der Waals surface area contributed by atoms with Crippen LogP contribution in [0, 0.1) is 0 Å². The third-order valence-electron chi connectivity index (χ3n) is 1.77. The lowest BCUT2D eigenvalue weighted by Crippen LogP contribution is -2.35. The van der Waals surface area contributed by atoms with E-state index in [-0.39, 0.29) is 30.6 Å². The van der Waals surface area contributed by atoms with Gasteiger partial charge in [0.2, 0.25) is 0 Å². The Balaban J connectivity index is 0. The Morgan fingerprint density at radius 3 is 2.00 bits per heavy atom. The second-order valence-electron chi connectivity index (χ2n) is 3.99. The van der Waals surface area contributed by atoms with E-state index < -0.39 is 12.8 Å². The molecule has 0 heterocycles. The minimum Gasteiger partial charge on any atom is -0.372 e. The van der Waals surface area contributed by atoms with Crippen LogP contribution < -0.4 is 0 Å². The first-order valence-electron chi connectivity index (χ1n) is 5.27. The summed E-state index contributed by atoms with van der Waals surface area (Å²) in [6.45, 7) is -0.675. The van der Waals surface area contributed by atoms with Gasteiger partial charge in [0.05, 0.1) is 0 Å². The smallest absolute Gasteiger partial charge is 0.372 e. The molecule has 0 radical (unpaired) electrons. The van der Waals surface area contributed by atoms with Crippen LogP contribution >= 0.6 is 24.0 Å². The molecule has 0 unspecified atom stereocenters. The van der Waals surface area contributed by atoms with E-state index in [2.05, 4.69) is 9.73 Å². The van der Waals surface area contributed by atoms with Crippen molar-refractivity contribution in [1.82, 2.24) is 9.80 Å². The Bertz CT molecular complexity index is 235. The Kier molecular flexibility index (Phi) is 10.8. The molecule has 0 aliphatic heterocycles. The molecule has 0 aromatic rings. The topological polar surface area (TPSA) is 28.1 Å². The Morgan fingerprint density at radius 1 is 1.11 bits per heavy atom. The molecule has 0 bridgehead atoms. The van der Waals surface area contributed by atoms with Crippen molar-refractivity contribution >= 4 is 29.9 Å². The zero-order chi connectivity index (χ0) is 13.5. The molecule has 0 rings (SSSR count). The molecule has 0 N–H and O–H groups in total. The van der Waals surface area contributed by atoms with Crippen molar-refractivity contribution in [2.75, 3.05) is 47.9 Å². The van der Waals surface area contributed by atoms with Gasteiger partial charge >= 0.3 is 6.18 Å². The molecule has 0 fully saturated rings. The summed E-state index contributed by atoms with van der Waals surface area (Å²) < 4.78 is 39.7. The van der Waals surface area contributed by atoms with Crippen molar-refractivity contribution in [3.05, 3.63) is 0 Å². The molecule has 0 atom stereocenters. The van der Waals surface area contributed by atoms with Crippen LogP contribution in [0.1, 0.15) is 6.42 Å². The molecule has 110 valence electrons. The SMILES string of the molecule is CN(C)C(=NCCCOCC(F)(F)F)N(C)C.I. The van der Waals surface area contributed by atoms with E-state index in [0.717, 1.165) is 5.96 Å². The summed E-state index contributed by atoms with van der Waals surface area (Å²) in [5.74, 6) is 0.779. The lowest BCUT2D eigenvalue weighted by molar-refractivity contribution is -0.173. The number of rotatable bonds is 5. The number of aliphatic imine (C=N–C) groups is 1. The number of hydrogen-bond acceptors (Lipinski definition) is 2. The van der Waals surface area contributed by atoms with Gasteiger partial charge in [0.15, 0.2) is 5.96 Å². The molecule has 0 aliphatic carbocycles. The number of halogens is 4. The van der Waals surface area contributed by atoms with Crippen molar-refractivity contribution in [3.8, 4) is 0 Å². The molecule has 0 amide bonds.